The van der Waals surface area contributed by atoms with E-state index in [9.17, 15) is 26.3 Å². The van der Waals surface area contributed by atoms with Gasteiger partial charge in [0.2, 0.25) is 0 Å². The van der Waals surface area contributed by atoms with Crippen LogP contribution in [0.4, 0.5) is 26.3 Å². The van der Waals surface area contributed by atoms with Crippen LogP contribution in [0.3, 0.4) is 0 Å². The Bertz CT molecular complexity index is 4950. The Kier molecular flexibility index (Phi) is 10.9. The standard InChI is InChI=1S/C72H50F6N4/c1-70(2,3)67-63(43-30-34-45(35-31-43)71(73,74)75)61(81-55-26-14-10-22-49(55)51-38-40-59-65(68(51)81)53-24-12-16-28-57(53)79(59)47-18-6-4-7-19-47)42-62(64(67)44-32-36-46(37-33-44)72(76,77)78)82-56-27-15-11-23-50(56)52-39-41-60-66(69(52)82)54-25-13-17-29-58(54)80(60)48-20-8-5-9-21-48/h4-10,12-22,24-42H,11,23H2,1-3H3. The fraction of sp³-hybridized carbons (Fsp3) is 0.111. The van der Waals surface area contributed by atoms with Gasteiger partial charge in [-0.2, -0.15) is 26.3 Å². The van der Waals surface area contributed by atoms with Gasteiger partial charge in [0.25, 0.3) is 0 Å². The summed E-state index contributed by atoms with van der Waals surface area (Å²) in [4.78, 5) is 0. The van der Waals surface area contributed by atoms with E-state index in [-0.39, 0.29) is 0 Å². The maximum Gasteiger partial charge on any atom is 0.416 e. The van der Waals surface area contributed by atoms with Crippen LogP contribution in [0.25, 0.3) is 127 Å². The average Bonchev–Trinajstić information content (AvgIpc) is 1.71. The van der Waals surface area contributed by atoms with E-state index in [0.717, 1.165) is 142 Å². The predicted octanol–water partition coefficient (Wildman–Crippen LogP) is 20.6. The molecule has 1 aliphatic carbocycles. The van der Waals surface area contributed by atoms with Gasteiger partial charge in [0, 0.05) is 65.9 Å². The summed E-state index contributed by atoms with van der Waals surface area (Å²) in [6.45, 7) is 6.26. The highest BCUT2D eigenvalue weighted by atomic mass is 19.4. The molecule has 4 aromatic heterocycles. The van der Waals surface area contributed by atoms with E-state index < -0.39 is 28.9 Å². The molecule has 400 valence electrons. The second kappa shape index (κ2) is 18.0. The normalized spacial score (nSPS) is 13.3. The summed E-state index contributed by atoms with van der Waals surface area (Å²) in [5.41, 5.74) is 12.8. The van der Waals surface area contributed by atoms with Crippen LogP contribution >= 0.6 is 0 Å². The minimum atomic E-state index is -4.62. The van der Waals surface area contributed by atoms with Crippen LogP contribution in [0, 0.1) is 0 Å². The van der Waals surface area contributed by atoms with Crippen LogP contribution in [0.1, 0.15) is 55.1 Å². The van der Waals surface area contributed by atoms with Crippen LogP contribution in [0.15, 0.2) is 218 Å². The van der Waals surface area contributed by atoms with Crippen molar-refractivity contribution in [2.24, 2.45) is 0 Å². The summed E-state index contributed by atoms with van der Waals surface area (Å²) in [7, 11) is 0. The molecule has 0 saturated heterocycles. The lowest BCUT2D eigenvalue weighted by atomic mass is 9.75. The highest BCUT2D eigenvalue weighted by molar-refractivity contribution is 6.27. The van der Waals surface area contributed by atoms with E-state index in [1.165, 1.54) is 0 Å². The number of nitrogens with zero attached hydrogens (tertiary/aromatic N) is 4. The first kappa shape index (κ1) is 49.5. The van der Waals surface area contributed by atoms with Gasteiger partial charge in [-0.25, -0.2) is 0 Å². The lowest BCUT2D eigenvalue weighted by Gasteiger charge is -2.32. The van der Waals surface area contributed by atoms with Crippen molar-refractivity contribution < 1.29 is 26.3 Å². The molecule has 10 heteroatoms. The van der Waals surface area contributed by atoms with Gasteiger partial charge in [0.15, 0.2) is 0 Å². The van der Waals surface area contributed by atoms with E-state index in [2.05, 4.69) is 160 Å². The number of benzene rings is 10. The van der Waals surface area contributed by atoms with Crippen LogP contribution < -0.4 is 0 Å². The van der Waals surface area contributed by atoms with Crippen molar-refractivity contribution in [2.75, 3.05) is 0 Å². The first-order chi connectivity index (χ1) is 39.6. The fourth-order valence-electron chi connectivity index (χ4n) is 13.5. The van der Waals surface area contributed by atoms with Crippen molar-refractivity contribution >= 4 is 82.4 Å². The zero-order chi connectivity index (χ0) is 56.0. The van der Waals surface area contributed by atoms with E-state index >= 15 is 0 Å². The van der Waals surface area contributed by atoms with Crippen LogP contribution in [-0.4, -0.2) is 18.3 Å². The van der Waals surface area contributed by atoms with Gasteiger partial charge in [0.1, 0.15) is 0 Å². The molecule has 4 nitrogen and oxygen atoms in total. The number of rotatable bonds is 6. The minimum Gasteiger partial charge on any atom is -0.309 e. The smallest absolute Gasteiger partial charge is 0.309 e. The summed E-state index contributed by atoms with van der Waals surface area (Å²) < 4.78 is 97.6. The Balaban J connectivity index is 1.20. The molecule has 0 amide bonds. The quantitative estimate of drug-likeness (QED) is 0.148. The van der Waals surface area contributed by atoms with E-state index in [0.29, 0.717) is 33.6 Å². The van der Waals surface area contributed by atoms with E-state index in [1.807, 2.05) is 54.6 Å². The number of aromatic nitrogens is 4. The second-order valence-corrected chi connectivity index (χ2v) is 22.5. The third-order valence-electron chi connectivity index (χ3n) is 16.8. The molecule has 82 heavy (non-hydrogen) atoms. The Labute approximate surface area is 467 Å². The molecule has 0 atom stereocenters. The lowest BCUT2D eigenvalue weighted by molar-refractivity contribution is -0.138. The van der Waals surface area contributed by atoms with Gasteiger partial charge in [-0.15, -0.1) is 0 Å². The zero-order valence-electron chi connectivity index (χ0n) is 44.8. The lowest BCUT2D eigenvalue weighted by Crippen LogP contribution is -2.19. The topological polar surface area (TPSA) is 19.7 Å². The largest absolute Gasteiger partial charge is 0.416 e. The van der Waals surface area contributed by atoms with Crippen molar-refractivity contribution in [3.63, 3.8) is 0 Å². The molecule has 0 unspecified atom stereocenters. The molecule has 0 aliphatic heterocycles. The SMILES string of the molecule is CC(C)(C)c1c(-c2ccc(C(F)(F)F)cc2)c(-n2c3c(c4ccc5c(c6ccccc6n5-c5ccccc5)c42)CCC=C3)cc(-n2c3ccccc3c3ccc4c(c5ccccc5n4-c4ccccc4)c32)c1-c1ccc(C(F)(F)F)cc1. The van der Waals surface area contributed by atoms with Crippen molar-refractivity contribution in [1.29, 1.82) is 0 Å². The molecule has 1 aliphatic rings. The number of alkyl halides is 6. The summed E-state index contributed by atoms with van der Waals surface area (Å²) >= 11 is 0. The van der Waals surface area contributed by atoms with Gasteiger partial charge < -0.3 is 18.3 Å². The van der Waals surface area contributed by atoms with Gasteiger partial charge >= 0.3 is 12.4 Å². The molecule has 0 N–H and O–H groups in total. The molecule has 14 aromatic rings. The van der Waals surface area contributed by atoms with Crippen LogP contribution in [-0.2, 0) is 24.2 Å². The van der Waals surface area contributed by atoms with Crippen molar-refractivity contribution in [2.45, 2.75) is 51.4 Å². The highest BCUT2D eigenvalue weighted by Gasteiger charge is 2.37. The maximum absolute atomic E-state index is 14.7. The number of hydrogen-bond acceptors (Lipinski definition) is 0. The number of allylic oxidation sites excluding steroid dienone is 1. The molecule has 10 aromatic carbocycles. The number of hydrogen-bond donors (Lipinski definition) is 0. The van der Waals surface area contributed by atoms with E-state index in [1.54, 1.807) is 24.3 Å². The van der Waals surface area contributed by atoms with Gasteiger partial charge in [-0.05, 0) is 132 Å². The highest BCUT2D eigenvalue weighted by Crippen LogP contribution is 2.53. The molecule has 0 radical (unpaired) electrons. The number of para-hydroxylation sites is 5. The average molecular weight is 1090 g/mol. The van der Waals surface area contributed by atoms with Crippen molar-refractivity contribution in [3.05, 3.63) is 246 Å². The Morgan fingerprint density at radius 2 is 0.805 bits per heavy atom. The molecule has 0 saturated carbocycles. The Morgan fingerprint density at radius 1 is 0.378 bits per heavy atom. The molecule has 0 bridgehead atoms. The monoisotopic (exact) mass is 1080 g/mol. The first-order valence-corrected chi connectivity index (χ1v) is 27.5. The third-order valence-corrected chi connectivity index (χ3v) is 16.8. The second-order valence-electron chi connectivity index (χ2n) is 22.5. The van der Waals surface area contributed by atoms with Gasteiger partial charge in [-0.3, -0.25) is 0 Å². The number of aryl methyl sites for hydroxylation is 1. The molecular formula is C72H50F6N4. The summed E-state index contributed by atoms with van der Waals surface area (Å²) in [5, 5.41) is 7.04. The zero-order valence-corrected chi connectivity index (χ0v) is 44.8. The van der Waals surface area contributed by atoms with Crippen LogP contribution in [0.2, 0.25) is 0 Å². The van der Waals surface area contributed by atoms with E-state index in [4.69, 9.17) is 0 Å². The Morgan fingerprint density at radius 3 is 1.29 bits per heavy atom. The van der Waals surface area contributed by atoms with Crippen molar-refractivity contribution in [1.82, 2.24) is 18.3 Å². The summed E-state index contributed by atoms with van der Waals surface area (Å²) in [6, 6.07) is 67.3. The first-order valence-electron chi connectivity index (χ1n) is 27.5. The minimum absolute atomic E-state index is 0.519. The van der Waals surface area contributed by atoms with Crippen LogP contribution in [0.5, 0.6) is 0 Å². The third kappa shape index (κ3) is 7.39. The number of halogens is 6. The maximum atomic E-state index is 14.7. The molecule has 4 heterocycles. The van der Waals surface area contributed by atoms with Crippen molar-refractivity contribution in [3.8, 4) is 45.0 Å². The van der Waals surface area contributed by atoms with Gasteiger partial charge in [0.05, 0.1) is 61.1 Å². The molecule has 0 fully saturated rings. The predicted molar refractivity (Wildman–Crippen MR) is 323 cm³/mol. The molecule has 15 rings (SSSR count). The fourth-order valence-corrected chi connectivity index (χ4v) is 13.5. The number of fused-ring (bicyclic) bond motifs is 14. The summed E-state index contributed by atoms with van der Waals surface area (Å²) in [5.74, 6) is 0. The summed E-state index contributed by atoms with van der Waals surface area (Å²) in [6.07, 6.45) is -3.32. The molecule has 0 spiro atoms. The molecular weight excluding hydrogens is 1030 g/mol. The van der Waals surface area contributed by atoms with Gasteiger partial charge in [-0.1, -0.05) is 154 Å². The Hall–Kier alpha value is -9.54.